The number of hydrogen-bond donors (Lipinski definition) is 1. The fraction of sp³-hybridized carbons (Fsp3) is 0.652. The quantitative estimate of drug-likeness (QED) is 0.776. The molecule has 0 aromatic heterocycles. The number of ether oxygens (including phenoxy) is 1. The molecule has 1 N–H and O–H groups in total. The largest absolute Gasteiger partial charge is 0.416 e. The van der Waals surface area contributed by atoms with Gasteiger partial charge in [0.1, 0.15) is 0 Å². The average molecular weight is 438 g/mol. The summed E-state index contributed by atoms with van der Waals surface area (Å²) in [5.74, 6) is -0.652. The van der Waals surface area contributed by atoms with E-state index in [0.29, 0.717) is 39.1 Å². The van der Waals surface area contributed by atoms with Crippen molar-refractivity contribution in [1.82, 2.24) is 10.2 Å². The van der Waals surface area contributed by atoms with E-state index in [1.807, 2.05) is 0 Å². The van der Waals surface area contributed by atoms with E-state index in [1.165, 1.54) is 18.6 Å². The maximum atomic E-state index is 13.2. The minimum absolute atomic E-state index is 0.00322. The van der Waals surface area contributed by atoms with Crippen molar-refractivity contribution in [3.63, 3.8) is 0 Å². The Morgan fingerprint density at radius 1 is 1.03 bits per heavy atom. The second-order valence-electron chi connectivity index (χ2n) is 9.13. The van der Waals surface area contributed by atoms with Crippen molar-refractivity contribution in [2.24, 2.45) is 11.3 Å². The molecule has 1 aliphatic carbocycles. The minimum Gasteiger partial charge on any atom is -0.381 e. The highest BCUT2D eigenvalue weighted by Crippen LogP contribution is 2.45. The zero-order chi connectivity index (χ0) is 22.1. The third kappa shape index (κ3) is 4.73. The predicted molar refractivity (Wildman–Crippen MR) is 108 cm³/mol. The van der Waals surface area contributed by atoms with Gasteiger partial charge in [-0.05, 0) is 49.9 Å². The first kappa shape index (κ1) is 22.1. The molecule has 8 heteroatoms. The Kier molecular flexibility index (Phi) is 6.28. The molecule has 31 heavy (non-hydrogen) atoms. The first-order valence-corrected chi connectivity index (χ1v) is 11.1. The molecule has 1 aromatic carbocycles. The van der Waals surface area contributed by atoms with Gasteiger partial charge in [-0.3, -0.25) is 9.59 Å². The molecule has 170 valence electrons. The summed E-state index contributed by atoms with van der Waals surface area (Å²) in [6.45, 7) is 1.82. The van der Waals surface area contributed by atoms with Crippen molar-refractivity contribution in [3.05, 3.63) is 35.4 Å². The topological polar surface area (TPSA) is 58.6 Å². The van der Waals surface area contributed by atoms with E-state index in [2.05, 4.69) is 5.32 Å². The number of likely N-dealkylation sites (tertiary alicyclic amines) is 1. The normalized spacial score (nSPS) is 24.4. The van der Waals surface area contributed by atoms with Crippen molar-refractivity contribution >= 4 is 11.8 Å². The van der Waals surface area contributed by atoms with Gasteiger partial charge in [0.15, 0.2) is 0 Å². The van der Waals surface area contributed by atoms with Crippen LogP contribution in [0.3, 0.4) is 0 Å². The van der Waals surface area contributed by atoms with Gasteiger partial charge in [0.25, 0.3) is 5.91 Å². The summed E-state index contributed by atoms with van der Waals surface area (Å²) < 4.78 is 44.0. The van der Waals surface area contributed by atoms with Crippen molar-refractivity contribution in [3.8, 4) is 0 Å². The standard InChI is InChI=1S/C23H29F3N2O3/c24-23(25,26)17-8-6-16(7-9-17)21(30)28-14-19(22(15-28)10-12-31-13-11-22)20(29)27-18-4-2-1-3-5-18/h6-9,18-19H,1-5,10-15H2,(H,27,29). The van der Waals surface area contributed by atoms with Crippen LogP contribution in [-0.4, -0.2) is 49.1 Å². The third-order valence-electron chi connectivity index (χ3n) is 7.15. The highest BCUT2D eigenvalue weighted by atomic mass is 19.4. The molecule has 1 unspecified atom stereocenters. The van der Waals surface area contributed by atoms with E-state index >= 15 is 0 Å². The molecule has 1 atom stereocenters. The van der Waals surface area contributed by atoms with Crippen LogP contribution in [-0.2, 0) is 15.7 Å². The van der Waals surface area contributed by atoms with Crippen LogP contribution < -0.4 is 5.32 Å². The predicted octanol–water partition coefficient (Wildman–Crippen LogP) is 4.02. The maximum absolute atomic E-state index is 13.2. The monoisotopic (exact) mass is 438 g/mol. The summed E-state index contributed by atoms with van der Waals surface area (Å²) in [7, 11) is 0. The fourth-order valence-electron chi connectivity index (χ4n) is 5.30. The molecule has 1 spiro atoms. The van der Waals surface area contributed by atoms with E-state index in [4.69, 9.17) is 4.74 Å². The molecule has 0 radical (unpaired) electrons. The lowest BCUT2D eigenvalue weighted by Gasteiger charge is -2.37. The van der Waals surface area contributed by atoms with Gasteiger partial charge < -0.3 is 15.0 Å². The number of amides is 2. The SMILES string of the molecule is O=C(NC1CCCCC1)C1CN(C(=O)c2ccc(C(F)(F)F)cc2)CC12CCOCC2. The van der Waals surface area contributed by atoms with Crippen LogP contribution in [0, 0.1) is 11.3 Å². The van der Waals surface area contributed by atoms with Gasteiger partial charge in [-0.2, -0.15) is 13.2 Å². The molecular weight excluding hydrogens is 409 g/mol. The Labute approximate surface area is 180 Å². The number of halogens is 3. The van der Waals surface area contributed by atoms with E-state index in [0.717, 1.165) is 37.8 Å². The van der Waals surface area contributed by atoms with Crippen LogP contribution in [0.4, 0.5) is 13.2 Å². The lowest BCUT2D eigenvalue weighted by Crippen LogP contribution is -2.47. The Morgan fingerprint density at radius 2 is 1.68 bits per heavy atom. The Morgan fingerprint density at radius 3 is 2.29 bits per heavy atom. The smallest absolute Gasteiger partial charge is 0.381 e. The Hall–Kier alpha value is -2.09. The molecule has 2 amide bonds. The molecule has 5 nitrogen and oxygen atoms in total. The molecule has 3 fully saturated rings. The molecule has 3 aliphatic rings. The minimum atomic E-state index is -4.44. The van der Waals surface area contributed by atoms with Crippen molar-refractivity contribution < 1.29 is 27.5 Å². The molecule has 2 heterocycles. The summed E-state index contributed by atoms with van der Waals surface area (Å²) in [5, 5.41) is 3.21. The van der Waals surface area contributed by atoms with Gasteiger partial charge in [0, 0.05) is 43.3 Å². The van der Waals surface area contributed by atoms with E-state index in [9.17, 15) is 22.8 Å². The van der Waals surface area contributed by atoms with Gasteiger partial charge in [0.05, 0.1) is 11.5 Å². The van der Waals surface area contributed by atoms with Crippen LogP contribution in [0.5, 0.6) is 0 Å². The number of carbonyl (C=O) groups is 2. The van der Waals surface area contributed by atoms with Crippen LogP contribution in [0.25, 0.3) is 0 Å². The van der Waals surface area contributed by atoms with Crippen LogP contribution in [0.2, 0.25) is 0 Å². The van der Waals surface area contributed by atoms with Crippen LogP contribution in [0.1, 0.15) is 60.9 Å². The number of alkyl halides is 3. The van der Waals surface area contributed by atoms with Gasteiger partial charge in [-0.1, -0.05) is 19.3 Å². The Balaban J connectivity index is 1.50. The van der Waals surface area contributed by atoms with Crippen molar-refractivity contribution in [1.29, 1.82) is 0 Å². The summed E-state index contributed by atoms with van der Waals surface area (Å²) in [4.78, 5) is 27.9. The summed E-state index contributed by atoms with van der Waals surface area (Å²) in [5.41, 5.74) is -0.905. The van der Waals surface area contributed by atoms with Crippen LogP contribution >= 0.6 is 0 Å². The zero-order valence-corrected chi connectivity index (χ0v) is 17.5. The summed E-state index contributed by atoms with van der Waals surface area (Å²) >= 11 is 0. The van der Waals surface area contributed by atoms with Gasteiger partial charge >= 0.3 is 6.18 Å². The molecule has 1 saturated carbocycles. The first-order chi connectivity index (χ1) is 14.8. The van der Waals surface area contributed by atoms with Crippen molar-refractivity contribution in [2.75, 3.05) is 26.3 Å². The molecule has 1 aromatic rings. The number of nitrogens with one attached hydrogen (secondary N) is 1. The van der Waals surface area contributed by atoms with Crippen LogP contribution in [0.15, 0.2) is 24.3 Å². The van der Waals surface area contributed by atoms with E-state index in [1.54, 1.807) is 4.90 Å². The number of benzene rings is 1. The molecule has 0 bridgehead atoms. The highest BCUT2D eigenvalue weighted by molar-refractivity contribution is 5.95. The van der Waals surface area contributed by atoms with Crippen molar-refractivity contribution in [2.45, 2.75) is 57.2 Å². The second-order valence-corrected chi connectivity index (χ2v) is 9.13. The van der Waals surface area contributed by atoms with Gasteiger partial charge in [-0.25, -0.2) is 0 Å². The zero-order valence-electron chi connectivity index (χ0n) is 17.5. The number of rotatable bonds is 3. The second kappa shape index (κ2) is 8.81. The lowest BCUT2D eigenvalue weighted by molar-refractivity contribution is -0.137. The van der Waals surface area contributed by atoms with E-state index < -0.39 is 11.7 Å². The van der Waals surface area contributed by atoms with Gasteiger partial charge in [0.2, 0.25) is 5.91 Å². The average Bonchev–Trinajstić information content (AvgIpc) is 3.12. The Bertz CT molecular complexity index is 797. The molecule has 4 rings (SSSR count). The highest BCUT2D eigenvalue weighted by Gasteiger charge is 2.52. The first-order valence-electron chi connectivity index (χ1n) is 11.1. The number of hydrogen-bond acceptors (Lipinski definition) is 3. The maximum Gasteiger partial charge on any atom is 0.416 e. The molecule has 2 aliphatic heterocycles. The molecule has 2 saturated heterocycles. The number of carbonyl (C=O) groups excluding carboxylic acids is 2. The van der Waals surface area contributed by atoms with E-state index in [-0.39, 0.29) is 34.8 Å². The van der Waals surface area contributed by atoms with Gasteiger partial charge in [-0.15, -0.1) is 0 Å². The summed E-state index contributed by atoms with van der Waals surface area (Å²) in [6.07, 6.45) is 2.38. The lowest BCUT2D eigenvalue weighted by atomic mass is 9.71. The third-order valence-corrected chi connectivity index (χ3v) is 7.15. The summed E-state index contributed by atoms with van der Waals surface area (Å²) in [6, 6.07) is 4.49. The molecular formula is C23H29F3N2O3. The number of nitrogens with zero attached hydrogens (tertiary/aromatic N) is 1. The fourth-order valence-corrected chi connectivity index (χ4v) is 5.30.